The summed E-state index contributed by atoms with van der Waals surface area (Å²) in [5, 5.41) is 5.75. The Morgan fingerprint density at radius 1 is 0.926 bits per heavy atom. The molecule has 0 spiro atoms. The minimum atomic E-state index is -3.22. The number of thiazole rings is 1. The number of nitrogens with one attached hydrogen (secondary N) is 1. The Morgan fingerprint density at radius 2 is 1.56 bits per heavy atom. The molecule has 0 aliphatic carbocycles. The maximum atomic E-state index is 11.5. The van der Waals surface area contributed by atoms with Crippen LogP contribution in [0.1, 0.15) is 5.56 Å². The molecule has 0 saturated heterocycles. The highest BCUT2D eigenvalue weighted by molar-refractivity contribution is 7.90. The molecule has 142 valence electrons. The summed E-state index contributed by atoms with van der Waals surface area (Å²) in [5.74, 6) is 0.0121. The predicted molar refractivity (Wildman–Crippen MR) is 109 cm³/mol. The van der Waals surface area contributed by atoms with Crippen molar-refractivity contribution in [2.45, 2.75) is 10.6 Å². The molecule has 9 heteroatoms. The van der Waals surface area contributed by atoms with Crippen molar-refractivity contribution in [1.29, 1.82) is 0 Å². The molecule has 0 bridgehead atoms. The summed E-state index contributed by atoms with van der Waals surface area (Å²) in [6.45, 7) is 0. The first kappa shape index (κ1) is 19.5. The van der Waals surface area contributed by atoms with Gasteiger partial charge in [0.25, 0.3) is 0 Å². The van der Waals surface area contributed by atoms with E-state index >= 15 is 0 Å². The fraction of sp³-hybridized carbons (Fsp3) is 0.167. The SMILES string of the molecule is CS(=O)(=O)Cc1ccc(Nc2nc(-c3ccc(S(C)(=O)=O)cc3)cs2)cc1. The van der Waals surface area contributed by atoms with Gasteiger partial charge >= 0.3 is 0 Å². The van der Waals surface area contributed by atoms with Crippen LogP contribution in [0.5, 0.6) is 0 Å². The number of benzene rings is 2. The molecule has 0 fully saturated rings. The van der Waals surface area contributed by atoms with Crippen LogP contribution in [0.25, 0.3) is 11.3 Å². The Balaban J connectivity index is 1.72. The van der Waals surface area contributed by atoms with E-state index in [4.69, 9.17) is 0 Å². The summed E-state index contributed by atoms with van der Waals surface area (Å²) in [4.78, 5) is 4.78. The van der Waals surface area contributed by atoms with Gasteiger partial charge in [-0.3, -0.25) is 0 Å². The summed E-state index contributed by atoms with van der Waals surface area (Å²) in [7, 11) is -6.28. The molecule has 3 rings (SSSR count). The van der Waals surface area contributed by atoms with E-state index in [0.29, 0.717) is 5.13 Å². The first-order valence-corrected chi connectivity index (χ1v) is 12.7. The normalized spacial score (nSPS) is 12.1. The molecule has 1 N–H and O–H groups in total. The molecule has 1 heterocycles. The molecule has 0 aliphatic rings. The van der Waals surface area contributed by atoms with Gasteiger partial charge in [0, 0.05) is 29.1 Å². The van der Waals surface area contributed by atoms with E-state index in [1.807, 2.05) is 17.5 Å². The highest BCUT2D eigenvalue weighted by Gasteiger charge is 2.09. The van der Waals surface area contributed by atoms with Crippen LogP contribution in [0.4, 0.5) is 10.8 Å². The number of rotatable bonds is 6. The topological polar surface area (TPSA) is 93.2 Å². The van der Waals surface area contributed by atoms with Crippen molar-refractivity contribution in [1.82, 2.24) is 4.98 Å². The molecule has 0 radical (unpaired) electrons. The summed E-state index contributed by atoms with van der Waals surface area (Å²) in [5.41, 5.74) is 3.11. The van der Waals surface area contributed by atoms with Crippen molar-refractivity contribution in [3.05, 3.63) is 59.5 Å². The highest BCUT2D eigenvalue weighted by Crippen LogP contribution is 2.28. The Labute approximate surface area is 162 Å². The number of aromatic nitrogens is 1. The van der Waals surface area contributed by atoms with Gasteiger partial charge in [0.2, 0.25) is 0 Å². The Bertz CT molecular complexity index is 1150. The lowest BCUT2D eigenvalue weighted by molar-refractivity contribution is 0.599. The van der Waals surface area contributed by atoms with Crippen molar-refractivity contribution in [3.8, 4) is 11.3 Å². The first-order chi connectivity index (χ1) is 12.6. The molecule has 0 saturated carbocycles. The standard InChI is InChI=1S/C18H18N2O4S3/c1-26(21,22)12-13-3-7-15(8-4-13)19-18-20-17(11-25-18)14-5-9-16(10-6-14)27(2,23)24/h3-11H,12H2,1-2H3,(H,19,20). The van der Waals surface area contributed by atoms with E-state index in [9.17, 15) is 16.8 Å². The van der Waals surface area contributed by atoms with Crippen LogP contribution in [0.15, 0.2) is 58.8 Å². The van der Waals surface area contributed by atoms with Crippen molar-refractivity contribution in [3.63, 3.8) is 0 Å². The van der Waals surface area contributed by atoms with Crippen LogP contribution >= 0.6 is 11.3 Å². The largest absolute Gasteiger partial charge is 0.332 e. The highest BCUT2D eigenvalue weighted by atomic mass is 32.2. The van der Waals surface area contributed by atoms with Crippen molar-refractivity contribution in [2.75, 3.05) is 17.8 Å². The van der Waals surface area contributed by atoms with Gasteiger partial charge in [-0.1, -0.05) is 24.3 Å². The smallest absolute Gasteiger partial charge is 0.187 e. The van der Waals surface area contributed by atoms with E-state index in [1.54, 1.807) is 36.4 Å². The maximum absolute atomic E-state index is 11.5. The second-order valence-electron chi connectivity index (χ2n) is 6.23. The summed E-state index contributed by atoms with van der Waals surface area (Å²) < 4.78 is 45.7. The average molecular weight is 423 g/mol. The second-order valence-corrected chi connectivity index (χ2v) is 11.2. The summed E-state index contributed by atoms with van der Waals surface area (Å²) in [6.07, 6.45) is 2.38. The molecule has 2 aromatic carbocycles. The number of hydrogen-bond acceptors (Lipinski definition) is 7. The zero-order valence-electron chi connectivity index (χ0n) is 14.7. The Kier molecular flexibility index (Phi) is 5.36. The van der Waals surface area contributed by atoms with E-state index in [-0.39, 0.29) is 10.6 Å². The molecule has 0 unspecified atom stereocenters. The van der Waals surface area contributed by atoms with E-state index in [2.05, 4.69) is 10.3 Å². The minimum absolute atomic E-state index is 0.0121. The van der Waals surface area contributed by atoms with E-state index < -0.39 is 19.7 Å². The predicted octanol–water partition coefficient (Wildman–Crippen LogP) is 3.50. The lowest BCUT2D eigenvalue weighted by Gasteiger charge is -2.04. The third kappa shape index (κ3) is 5.38. The minimum Gasteiger partial charge on any atom is -0.332 e. The van der Waals surface area contributed by atoms with Crippen LogP contribution in [-0.2, 0) is 25.4 Å². The van der Waals surface area contributed by atoms with Gasteiger partial charge in [0.05, 0.1) is 16.3 Å². The Morgan fingerprint density at radius 3 is 2.11 bits per heavy atom. The van der Waals surface area contributed by atoms with Gasteiger partial charge in [-0.2, -0.15) is 0 Å². The number of hydrogen-bond donors (Lipinski definition) is 1. The third-order valence-electron chi connectivity index (χ3n) is 3.72. The molecule has 0 aliphatic heterocycles. The van der Waals surface area contributed by atoms with Gasteiger partial charge in [0.1, 0.15) is 0 Å². The van der Waals surface area contributed by atoms with Crippen molar-refractivity contribution < 1.29 is 16.8 Å². The van der Waals surface area contributed by atoms with Crippen LogP contribution in [0.3, 0.4) is 0 Å². The van der Waals surface area contributed by atoms with Crippen molar-refractivity contribution >= 4 is 41.8 Å². The molecule has 0 atom stereocenters. The van der Waals surface area contributed by atoms with E-state index in [1.165, 1.54) is 23.8 Å². The van der Waals surface area contributed by atoms with Gasteiger partial charge in [-0.15, -0.1) is 11.3 Å². The fourth-order valence-corrected chi connectivity index (χ4v) is 4.62. The molecular weight excluding hydrogens is 404 g/mol. The number of nitrogens with zero attached hydrogens (tertiary/aromatic N) is 1. The van der Waals surface area contributed by atoms with Gasteiger partial charge in [0.15, 0.2) is 24.8 Å². The fourth-order valence-electron chi connectivity index (χ4n) is 2.45. The Hall–Kier alpha value is -2.23. The van der Waals surface area contributed by atoms with Gasteiger partial charge in [-0.25, -0.2) is 21.8 Å². The molecule has 3 aromatic rings. The van der Waals surface area contributed by atoms with Gasteiger partial charge in [-0.05, 0) is 29.8 Å². The van der Waals surface area contributed by atoms with Crippen LogP contribution in [0, 0.1) is 0 Å². The molecule has 0 amide bonds. The monoisotopic (exact) mass is 422 g/mol. The zero-order chi connectivity index (χ0) is 19.7. The summed E-state index contributed by atoms with van der Waals surface area (Å²) >= 11 is 1.43. The van der Waals surface area contributed by atoms with Crippen molar-refractivity contribution in [2.24, 2.45) is 0 Å². The number of anilines is 2. The third-order valence-corrected chi connectivity index (χ3v) is 6.46. The zero-order valence-corrected chi connectivity index (χ0v) is 17.2. The summed E-state index contributed by atoms with van der Waals surface area (Å²) in [6, 6.07) is 13.7. The molecule has 6 nitrogen and oxygen atoms in total. The first-order valence-electron chi connectivity index (χ1n) is 7.90. The van der Waals surface area contributed by atoms with Gasteiger partial charge < -0.3 is 5.32 Å². The lowest BCUT2D eigenvalue weighted by Crippen LogP contribution is -2.00. The quantitative estimate of drug-likeness (QED) is 0.653. The second kappa shape index (κ2) is 7.41. The molecular formula is C18H18N2O4S3. The molecule has 27 heavy (non-hydrogen) atoms. The molecule has 1 aromatic heterocycles. The van der Waals surface area contributed by atoms with Crippen LogP contribution in [-0.4, -0.2) is 34.3 Å². The maximum Gasteiger partial charge on any atom is 0.187 e. The number of sulfone groups is 2. The average Bonchev–Trinajstić information content (AvgIpc) is 3.03. The lowest BCUT2D eigenvalue weighted by atomic mass is 10.2. The van der Waals surface area contributed by atoms with E-state index in [0.717, 1.165) is 22.5 Å². The van der Waals surface area contributed by atoms with Crippen LogP contribution < -0.4 is 5.32 Å². The van der Waals surface area contributed by atoms with Crippen LogP contribution in [0.2, 0.25) is 0 Å².